The van der Waals surface area contributed by atoms with E-state index in [-0.39, 0.29) is 5.97 Å². The zero-order chi connectivity index (χ0) is 10.2. The van der Waals surface area contributed by atoms with Gasteiger partial charge >= 0.3 is 5.97 Å². The summed E-state index contributed by atoms with van der Waals surface area (Å²) < 4.78 is 10.2. The highest BCUT2D eigenvalue weighted by atomic mass is 16.5. The van der Waals surface area contributed by atoms with Crippen molar-refractivity contribution in [1.29, 1.82) is 0 Å². The fourth-order valence-corrected chi connectivity index (χ4v) is 2.68. The molecule has 0 atom stereocenters. The quantitative estimate of drug-likeness (QED) is 0.632. The molecule has 0 N–H and O–H groups in total. The molecule has 0 spiro atoms. The molecule has 0 heterocycles. The Morgan fingerprint density at radius 2 is 2.07 bits per heavy atom. The summed E-state index contributed by atoms with van der Waals surface area (Å²) in [5, 5.41) is 0. The number of rotatable bonds is 2. The van der Waals surface area contributed by atoms with Gasteiger partial charge in [0.05, 0.1) is 14.2 Å². The Bertz CT molecular complexity index is 272. The summed E-state index contributed by atoms with van der Waals surface area (Å²) in [4.78, 5) is 11.8. The van der Waals surface area contributed by atoms with Crippen LogP contribution in [0.15, 0.2) is 11.8 Å². The third-order valence-electron chi connectivity index (χ3n) is 3.54. The van der Waals surface area contributed by atoms with Crippen molar-refractivity contribution in [3.05, 3.63) is 11.8 Å². The van der Waals surface area contributed by atoms with E-state index in [0.29, 0.717) is 5.92 Å². The Morgan fingerprint density at radius 3 is 2.57 bits per heavy atom. The minimum absolute atomic E-state index is 0.135. The predicted molar refractivity (Wildman–Crippen MR) is 51.5 cm³/mol. The number of carbonyl (C=O) groups excluding carboxylic acids is 1. The maximum absolute atomic E-state index is 11.8. The lowest BCUT2D eigenvalue weighted by atomic mass is 9.64. The van der Waals surface area contributed by atoms with Gasteiger partial charge in [0.2, 0.25) is 0 Å². The summed E-state index contributed by atoms with van der Waals surface area (Å²) >= 11 is 0. The first-order chi connectivity index (χ1) is 6.73. The summed E-state index contributed by atoms with van der Waals surface area (Å²) in [6.45, 7) is 0. The van der Waals surface area contributed by atoms with Gasteiger partial charge in [0, 0.05) is 0 Å². The largest absolute Gasteiger partial charge is 0.500 e. The summed E-state index contributed by atoms with van der Waals surface area (Å²) in [6, 6.07) is 0. The van der Waals surface area contributed by atoms with Crippen molar-refractivity contribution in [2.45, 2.75) is 25.7 Å². The van der Waals surface area contributed by atoms with Crippen LogP contribution in [0.25, 0.3) is 0 Å². The summed E-state index contributed by atoms with van der Waals surface area (Å²) in [5.74, 6) is 1.30. The molecule has 1 fully saturated rings. The van der Waals surface area contributed by atoms with E-state index in [1.807, 2.05) is 0 Å². The van der Waals surface area contributed by atoms with Gasteiger partial charge in [-0.25, -0.2) is 0 Å². The summed E-state index contributed by atoms with van der Waals surface area (Å²) in [7, 11) is 3.09. The molecule has 0 aromatic rings. The number of carbonyl (C=O) groups is 1. The molecule has 0 aliphatic heterocycles. The number of hydrogen-bond donors (Lipinski definition) is 0. The Kier molecular flexibility index (Phi) is 2.25. The molecule has 3 heteroatoms. The number of allylic oxidation sites excluding steroid dienone is 1. The highest BCUT2D eigenvalue weighted by molar-refractivity contribution is 5.80. The maximum atomic E-state index is 11.8. The Labute approximate surface area is 84.1 Å². The molecule has 3 aliphatic carbocycles. The van der Waals surface area contributed by atoms with Crippen LogP contribution in [0.4, 0.5) is 0 Å². The van der Waals surface area contributed by atoms with Crippen molar-refractivity contribution in [3.8, 4) is 0 Å². The summed E-state index contributed by atoms with van der Waals surface area (Å²) in [5.41, 5.74) is -0.460. The molecular formula is C11H16O3. The van der Waals surface area contributed by atoms with Crippen LogP contribution < -0.4 is 0 Å². The van der Waals surface area contributed by atoms with Gasteiger partial charge in [-0.2, -0.15) is 0 Å². The van der Waals surface area contributed by atoms with Crippen LogP contribution in [0.2, 0.25) is 0 Å². The van der Waals surface area contributed by atoms with Gasteiger partial charge in [-0.3, -0.25) is 4.79 Å². The van der Waals surface area contributed by atoms with Crippen LogP contribution in [0.3, 0.4) is 0 Å². The SMILES string of the molecule is COC(=O)C12CCC(C=C1OC)CC2. The first-order valence-electron chi connectivity index (χ1n) is 5.07. The highest BCUT2D eigenvalue weighted by Crippen LogP contribution is 2.50. The van der Waals surface area contributed by atoms with E-state index in [0.717, 1.165) is 31.4 Å². The standard InChI is InChI=1S/C11H16O3/c1-13-9-7-8-3-5-11(9,6-4-8)10(12)14-2/h7-8H,3-6H2,1-2H3. The van der Waals surface area contributed by atoms with Crippen LogP contribution in [-0.2, 0) is 14.3 Å². The van der Waals surface area contributed by atoms with Gasteiger partial charge < -0.3 is 9.47 Å². The molecule has 0 unspecified atom stereocenters. The first kappa shape index (κ1) is 9.56. The van der Waals surface area contributed by atoms with Crippen molar-refractivity contribution < 1.29 is 14.3 Å². The molecule has 3 nitrogen and oxygen atoms in total. The van der Waals surface area contributed by atoms with E-state index >= 15 is 0 Å². The van der Waals surface area contributed by atoms with Gasteiger partial charge in [-0.05, 0) is 37.7 Å². The first-order valence-corrected chi connectivity index (χ1v) is 5.07. The second-order valence-electron chi connectivity index (χ2n) is 4.15. The molecule has 78 valence electrons. The Hall–Kier alpha value is -0.990. The van der Waals surface area contributed by atoms with Crippen LogP contribution in [-0.4, -0.2) is 20.2 Å². The van der Waals surface area contributed by atoms with Crippen molar-refractivity contribution in [3.63, 3.8) is 0 Å². The number of ether oxygens (including phenoxy) is 2. The molecule has 0 aromatic carbocycles. The number of methoxy groups -OCH3 is 2. The smallest absolute Gasteiger partial charge is 0.319 e. The minimum atomic E-state index is -0.460. The predicted octanol–water partition coefficient (Wildman–Crippen LogP) is 1.88. The molecule has 0 radical (unpaired) electrons. The van der Waals surface area contributed by atoms with E-state index in [1.165, 1.54) is 7.11 Å². The minimum Gasteiger partial charge on any atom is -0.500 e. The molecule has 0 aromatic heterocycles. The second kappa shape index (κ2) is 3.30. The Morgan fingerprint density at radius 1 is 1.43 bits per heavy atom. The van der Waals surface area contributed by atoms with E-state index < -0.39 is 5.41 Å². The zero-order valence-electron chi connectivity index (χ0n) is 8.71. The average Bonchev–Trinajstić information content (AvgIpc) is 2.29. The fraction of sp³-hybridized carbons (Fsp3) is 0.727. The molecule has 0 amide bonds. The van der Waals surface area contributed by atoms with Gasteiger partial charge in [-0.1, -0.05) is 0 Å². The van der Waals surface area contributed by atoms with Crippen molar-refractivity contribution in [1.82, 2.24) is 0 Å². The Balaban J connectivity index is 2.35. The molecule has 3 aliphatic rings. The van der Waals surface area contributed by atoms with Crippen LogP contribution in [0.5, 0.6) is 0 Å². The molecular weight excluding hydrogens is 180 g/mol. The topological polar surface area (TPSA) is 35.5 Å². The summed E-state index contributed by atoms with van der Waals surface area (Å²) in [6.07, 6.45) is 6.03. The number of hydrogen-bond acceptors (Lipinski definition) is 3. The van der Waals surface area contributed by atoms with E-state index in [2.05, 4.69) is 6.08 Å². The average molecular weight is 196 g/mol. The van der Waals surface area contributed by atoms with Crippen LogP contribution >= 0.6 is 0 Å². The normalized spacial score (nSPS) is 35.0. The third-order valence-corrected chi connectivity index (χ3v) is 3.54. The molecule has 0 saturated heterocycles. The van der Waals surface area contributed by atoms with E-state index in [9.17, 15) is 4.79 Å². The maximum Gasteiger partial charge on any atom is 0.319 e. The van der Waals surface area contributed by atoms with Crippen molar-refractivity contribution >= 4 is 5.97 Å². The zero-order valence-corrected chi connectivity index (χ0v) is 8.71. The lowest BCUT2D eigenvalue weighted by Crippen LogP contribution is -2.42. The second-order valence-corrected chi connectivity index (χ2v) is 4.15. The van der Waals surface area contributed by atoms with Gasteiger partial charge in [0.1, 0.15) is 11.2 Å². The molecule has 1 saturated carbocycles. The molecule has 2 bridgehead atoms. The molecule has 14 heavy (non-hydrogen) atoms. The lowest BCUT2D eigenvalue weighted by molar-refractivity contribution is -0.156. The van der Waals surface area contributed by atoms with Crippen LogP contribution in [0, 0.1) is 11.3 Å². The lowest BCUT2D eigenvalue weighted by Gasteiger charge is -2.42. The monoisotopic (exact) mass is 196 g/mol. The van der Waals surface area contributed by atoms with E-state index in [1.54, 1.807) is 7.11 Å². The van der Waals surface area contributed by atoms with Gasteiger partial charge in [0.15, 0.2) is 0 Å². The highest BCUT2D eigenvalue weighted by Gasteiger charge is 2.50. The van der Waals surface area contributed by atoms with Gasteiger partial charge in [0.25, 0.3) is 0 Å². The van der Waals surface area contributed by atoms with Gasteiger partial charge in [-0.15, -0.1) is 0 Å². The molecule has 3 rings (SSSR count). The number of fused-ring (bicyclic) bond motifs is 2. The fourth-order valence-electron chi connectivity index (χ4n) is 2.68. The van der Waals surface area contributed by atoms with Crippen molar-refractivity contribution in [2.24, 2.45) is 11.3 Å². The third kappa shape index (κ3) is 1.15. The van der Waals surface area contributed by atoms with Crippen molar-refractivity contribution in [2.75, 3.05) is 14.2 Å². The van der Waals surface area contributed by atoms with E-state index in [4.69, 9.17) is 9.47 Å². The van der Waals surface area contributed by atoms with Crippen LogP contribution in [0.1, 0.15) is 25.7 Å². The number of esters is 1.